The highest BCUT2D eigenvalue weighted by Crippen LogP contribution is 2.32. The minimum atomic E-state index is -1.34. The number of hydrogen-bond acceptors (Lipinski definition) is 2. The Labute approximate surface area is 83.4 Å². The molecule has 0 saturated carbocycles. The summed E-state index contributed by atoms with van der Waals surface area (Å²) >= 11 is 0. The molecule has 0 aliphatic carbocycles. The molecule has 1 aliphatic rings. The molecule has 15 heavy (non-hydrogen) atoms. The van der Waals surface area contributed by atoms with E-state index < -0.39 is 40.4 Å². The molecule has 0 bridgehead atoms. The van der Waals surface area contributed by atoms with Crippen molar-refractivity contribution in [3.05, 3.63) is 29.1 Å². The monoisotopic (exact) mass is 213 g/mol. The van der Waals surface area contributed by atoms with Gasteiger partial charge in [0.2, 0.25) is 0 Å². The van der Waals surface area contributed by atoms with Crippen molar-refractivity contribution in [3.63, 3.8) is 0 Å². The Bertz CT molecular complexity index is 482. The maximum atomic E-state index is 13.2. The lowest BCUT2D eigenvalue weighted by molar-refractivity contribution is 0.0957. The van der Waals surface area contributed by atoms with Crippen molar-refractivity contribution in [2.24, 2.45) is 10.9 Å². The number of carbonyl (C=O) groups is 1. The third-order valence-corrected chi connectivity index (χ3v) is 2.23. The lowest BCUT2D eigenvalue weighted by Gasteiger charge is -2.14. The molecule has 1 aromatic carbocycles. The van der Waals surface area contributed by atoms with Crippen LogP contribution in [0.3, 0.4) is 0 Å². The summed E-state index contributed by atoms with van der Waals surface area (Å²) in [4.78, 5) is 15.0. The van der Waals surface area contributed by atoms with Gasteiger partial charge in [0.1, 0.15) is 11.5 Å². The van der Waals surface area contributed by atoms with Gasteiger partial charge in [0, 0.05) is 12.3 Å². The van der Waals surface area contributed by atoms with Gasteiger partial charge in [-0.1, -0.05) is 6.92 Å². The van der Waals surface area contributed by atoms with E-state index in [1.165, 1.54) is 13.1 Å². The molecule has 0 N–H and O–H groups in total. The predicted molar refractivity (Wildman–Crippen MR) is 48.0 cm³/mol. The fourth-order valence-electron chi connectivity index (χ4n) is 1.42. The lowest BCUT2D eigenvalue weighted by Crippen LogP contribution is -2.19. The van der Waals surface area contributed by atoms with E-state index in [1.807, 2.05) is 0 Å². The van der Waals surface area contributed by atoms with Gasteiger partial charge >= 0.3 is 0 Å². The van der Waals surface area contributed by atoms with Crippen molar-refractivity contribution >= 4 is 17.7 Å². The molecule has 2 rings (SSSR count). The molecule has 0 fully saturated rings. The van der Waals surface area contributed by atoms with Crippen LogP contribution < -0.4 is 0 Å². The van der Waals surface area contributed by atoms with Crippen LogP contribution in [0.25, 0.3) is 0 Å². The molecule has 0 amide bonds. The summed E-state index contributed by atoms with van der Waals surface area (Å²) in [5, 5.41) is 0. The molecule has 1 aromatic rings. The van der Waals surface area contributed by atoms with Gasteiger partial charge in [-0.25, -0.2) is 13.2 Å². The van der Waals surface area contributed by atoms with Crippen molar-refractivity contribution in [2.45, 2.75) is 6.92 Å². The number of ketones is 1. The summed E-state index contributed by atoms with van der Waals surface area (Å²) in [5.74, 6) is -4.90. The Hall–Kier alpha value is -1.65. The van der Waals surface area contributed by atoms with E-state index in [2.05, 4.69) is 4.99 Å². The molecule has 0 radical (unpaired) electrons. The largest absolute Gasteiger partial charge is 0.293 e. The number of rotatable bonds is 0. The number of carbonyl (C=O) groups excluding carboxylic acids is 1. The van der Waals surface area contributed by atoms with E-state index in [0.717, 1.165) is 0 Å². The van der Waals surface area contributed by atoms with E-state index >= 15 is 0 Å². The first-order chi connectivity index (χ1) is 7.02. The average molecular weight is 213 g/mol. The normalized spacial score (nSPS) is 19.2. The van der Waals surface area contributed by atoms with Gasteiger partial charge in [-0.2, -0.15) is 0 Å². The van der Waals surface area contributed by atoms with Gasteiger partial charge in [0.15, 0.2) is 17.4 Å². The minimum absolute atomic E-state index is 0.361. The number of Topliss-reactive ketones (excluding diaryl/α,β-unsaturated/α-hetero) is 1. The maximum absolute atomic E-state index is 13.2. The number of nitrogens with zero attached hydrogens (tertiary/aromatic N) is 1. The van der Waals surface area contributed by atoms with E-state index in [4.69, 9.17) is 0 Å². The second kappa shape index (κ2) is 3.18. The average Bonchev–Trinajstić information content (AvgIpc) is 2.18. The SMILES string of the molecule is CC1C=Nc2c(F)c(F)cc(F)c2C1=O. The highest BCUT2D eigenvalue weighted by Gasteiger charge is 2.29. The van der Waals surface area contributed by atoms with E-state index in [-0.39, 0.29) is 0 Å². The molecule has 78 valence electrons. The van der Waals surface area contributed by atoms with Crippen LogP contribution in [0, 0.1) is 23.4 Å². The quantitative estimate of drug-likeness (QED) is 0.609. The van der Waals surface area contributed by atoms with Crippen LogP contribution in [0.1, 0.15) is 17.3 Å². The Balaban J connectivity index is 2.77. The number of halogens is 3. The van der Waals surface area contributed by atoms with Gasteiger partial charge in [0.25, 0.3) is 0 Å². The molecule has 0 spiro atoms. The van der Waals surface area contributed by atoms with Gasteiger partial charge < -0.3 is 0 Å². The molecule has 0 saturated heterocycles. The van der Waals surface area contributed by atoms with Crippen LogP contribution in [0.4, 0.5) is 18.9 Å². The Morgan fingerprint density at radius 3 is 2.60 bits per heavy atom. The van der Waals surface area contributed by atoms with E-state index in [1.54, 1.807) is 0 Å². The van der Waals surface area contributed by atoms with Gasteiger partial charge in [-0.15, -0.1) is 0 Å². The molecule has 1 unspecified atom stereocenters. The first-order valence-corrected chi connectivity index (χ1v) is 4.28. The standard InChI is InChI=1S/C10H6F3NO/c1-4-3-14-9-7(10(4)15)5(11)2-6(12)8(9)13/h2-4H,1H3. The van der Waals surface area contributed by atoms with Crippen LogP contribution >= 0.6 is 0 Å². The maximum Gasteiger partial charge on any atom is 0.185 e. The molecular weight excluding hydrogens is 207 g/mol. The van der Waals surface area contributed by atoms with E-state index in [0.29, 0.717) is 6.07 Å². The molecular formula is C10H6F3NO. The number of benzene rings is 1. The van der Waals surface area contributed by atoms with E-state index in [9.17, 15) is 18.0 Å². The van der Waals surface area contributed by atoms with Gasteiger partial charge in [-0.3, -0.25) is 9.79 Å². The Morgan fingerprint density at radius 1 is 1.27 bits per heavy atom. The smallest absolute Gasteiger partial charge is 0.185 e. The predicted octanol–water partition coefficient (Wildman–Crippen LogP) is 2.64. The molecule has 5 heteroatoms. The zero-order chi connectivity index (χ0) is 11.2. The van der Waals surface area contributed by atoms with Crippen LogP contribution in [0.15, 0.2) is 11.1 Å². The van der Waals surface area contributed by atoms with Crippen LogP contribution in [-0.2, 0) is 0 Å². The zero-order valence-electron chi connectivity index (χ0n) is 7.72. The fourth-order valence-corrected chi connectivity index (χ4v) is 1.42. The van der Waals surface area contributed by atoms with Crippen LogP contribution in [0.5, 0.6) is 0 Å². The van der Waals surface area contributed by atoms with Crippen LogP contribution in [-0.4, -0.2) is 12.0 Å². The fraction of sp³-hybridized carbons (Fsp3) is 0.200. The molecule has 2 nitrogen and oxygen atoms in total. The van der Waals surface area contributed by atoms with Gasteiger partial charge in [-0.05, 0) is 0 Å². The van der Waals surface area contributed by atoms with Crippen molar-refractivity contribution in [3.8, 4) is 0 Å². The van der Waals surface area contributed by atoms with Crippen molar-refractivity contribution in [1.29, 1.82) is 0 Å². The molecule has 0 aromatic heterocycles. The summed E-state index contributed by atoms with van der Waals surface area (Å²) in [6.45, 7) is 1.51. The van der Waals surface area contributed by atoms with Gasteiger partial charge in [0.05, 0.1) is 11.5 Å². The summed E-state index contributed by atoms with van der Waals surface area (Å²) < 4.78 is 39.2. The highest BCUT2D eigenvalue weighted by atomic mass is 19.2. The van der Waals surface area contributed by atoms with Crippen LogP contribution in [0.2, 0.25) is 0 Å². The first-order valence-electron chi connectivity index (χ1n) is 4.28. The number of fused-ring (bicyclic) bond motifs is 1. The first kappa shape index (κ1) is 9.89. The highest BCUT2D eigenvalue weighted by molar-refractivity contribution is 6.12. The summed E-state index contributed by atoms with van der Waals surface area (Å²) in [7, 11) is 0. The molecule has 1 atom stereocenters. The topological polar surface area (TPSA) is 29.4 Å². The zero-order valence-corrected chi connectivity index (χ0v) is 7.72. The Kier molecular flexibility index (Phi) is 2.10. The van der Waals surface area contributed by atoms with Crippen molar-refractivity contribution < 1.29 is 18.0 Å². The molecule has 1 heterocycles. The summed E-state index contributed by atoms with van der Waals surface area (Å²) in [5.41, 5.74) is -1.01. The number of hydrogen-bond donors (Lipinski definition) is 0. The summed E-state index contributed by atoms with van der Waals surface area (Å²) in [6.07, 6.45) is 1.17. The minimum Gasteiger partial charge on any atom is -0.293 e. The third kappa shape index (κ3) is 1.35. The second-order valence-electron chi connectivity index (χ2n) is 3.31. The second-order valence-corrected chi connectivity index (χ2v) is 3.31. The third-order valence-electron chi connectivity index (χ3n) is 2.23. The van der Waals surface area contributed by atoms with Crippen molar-refractivity contribution in [1.82, 2.24) is 0 Å². The lowest BCUT2D eigenvalue weighted by atomic mass is 9.95. The summed E-state index contributed by atoms with van der Waals surface area (Å²) in [6, 6.07) is 0.361. The Morgan fingerprint density at radius 2 is 1.93 bits per heavy atom. The number of aliphatic imine (C=N–C) groups is 1. The van der Waals surface area contributed by atoms with Crippen molar-refractivity contribution in [2.75, 3.05) is 0 Å². The molecule has 1 aliphatic heterocycles.